The maximum atomic E-state index is 5.91. The number of aromatic nitrogens is 1. The van der Waals surface area contributed by atoms with Crippen molar-refractivity contribution in [3.05, 3.63) is 63.9 Å². The third kappa shape index (κ3) is 2.70. The van der Waals surface area contributed by atoms with Gasteiger partial charge in [0.15, 0.2) is 0 Å². The molecule has 0 aliphatic carbocycles. The lowest BCUT2D eigenvalue weighted by molar-refractivity contribution is 0.635. The minimum Gasteiger partial charge on any atom is -0.271 e. The number of halogens is 1. The fourth-order valence-electron chi connectivity index (χ4n) is 1.93. The zero-order chi connectivity index (χ0) is 13.1. The molecule has 0 saturated carbocycles. The first-order valence-corrected chi connectivity index (χ1v) is 6.14. The van der Waals surface area contributed by atoms with E-state index in [2.05, 4.69) is 42.5 Å². The highest BCUT2D eigenvalue weighted by molar-refractivity contribution is 6.29. The number of benzene rings is 1. The zero-order valence-electron chi connectivity index (χ0n) is 10.4. The number of rotatable bonds is 3. The molecule has 0 amide bonds. The van der Waals surface area contributed by atoms with Crippen molar-refractivity contribution in [1.29, 1.82) is 0 Å². The number of nitrogens with one attached hydrogen (secondary N) is 1. The van der Waals surface area contributed by atoms with Gasteiger partial charge in [-0.3, -0.25) is 5.84 Å². The summed E-state index contributed by atoms with van der Waals surface area (Å²) in [5, 5.41) is 0.469. The van der Waals surface area contributed by atoms with Crippen LogP contribution in [-0.2, 0) is 0 Å². The van der Waals surface area contributed by atoms with Crippen molar-refractivity contribution >= 4 is 11.6 Å². The van der Waals surface area contributed by atoms with Crippen molar-refractivity contribution in [3.63, 3.8) is 0 Å². The molecule has 0 fully saturated rings. The van der Waals surface area contributed by atoms with Crippen molar-refractivity contribution in [3.8, 4) is 0 Å². The molecule has 1 atom stereocenters. The summed E-state index contributed by atoms with van der Waals surface area (Å²) in [6.45, 7) is 4.18. The number of pyridine rings is 1. The van der Waals surface area contributed by atoms with Crippen LogP contribution >= 0.6 is 11.6 Å². The van der Waals surface area contributed by atoms with E-state index in [-0.39, 0.29) is 6.04 Å². The Hall–Kier alpha value is -1.42. The topological polar surface area (TPSA) is 50.9 Å². The standard InChI is InChI=1S/C14H16ClN3/c1-9-3-4-11(7-10(9)2)14(18-16)12-5-6-17-13(15)8-12/h3-8,14,18H,16H2,1-2H3. The minimum atomic E-state index is -0.0789. The first-order valence-electron chi connectivity index (χ1n) is 5.76. The van der Waals surface area contributed by atoms with E-state index in [0.29, 0.717) is 5.15 Å². The van der Waals surface area contributed by atoms with Crippen LogP contribution in [0.3, 0.4) is 0 Å². The minimum absolute atomic E-state index is 0.0789. The van der Waals surface area contributed by atoms with Crippen LogP contribution in [0.5, 0.6) is 0 Å². The van der Waals surface area contributed by atoms with E-state index in [4.69, 9.17) is 17.4 Å². The Morgan fingerprint density at radius 1 is 1.11 bits per heavy atom. The molecule has 3 N–H and O–H groups in total. The molecule has 2 rings (SSSR count). The Bertz CT molecular complexity index is 554. The summed E-state index contributed by atoms with van der Waals surface area (Å²) in [6.07, 6.45) is 1.68. The van der Waals surface area contributed by atoms with E-state index < -0.39 is 0 Å². The maximum absolute atomic E-state index is 5.91. The number of hydrogen-bond donors (Lipinski definition) is 2. The molecule has 1 unspecified atom stereocenters. The van der Waals surface area contributed by atoms with Gasteiger partial charge in [-0.25, -0.2) is 10.4 Å². The summed E-state index contributed by atoms with van der Waals surface area (Å²) in [6, 6.07) is 9.95. The van der Waals surface area contributed by atoms with Crippen LogP contribution in [0.15, 0.2) is 36.5 Å². The quantitative estimate of drug-likeness (QED) is 0.507. The van der Waals surface area contributed by atoms with E-state index in [0.717, 1.165) is 11.1 Å². The molecule has 1 aromatic carbocycles. The van der Waals surface area contributed by atoms with Crippen LogP contribution in [0.4, 0.5) is 0 Å². The first kappa shape index (κ1) is 13.0. The molecule has 2 aromatic rings. The van der Waals surface area contributed by atoms with Gasteiger partial charge in [0, 0.05) is 6.20 Å². The summed E-state index contributed by atoms with van der Waals surface area (Å²) in [4.78, 5) is 3.98. The fraction of sp³-hybridized carbons (Fsp3) is 0.214. The van der Waals surface area contributed by atoms with Gasteiger partial charge < -0.3 is 0 Å². The smallest absolute Gasteiger partial charge is 0.129 e. The van der Waals surface area contributed by atoms with E-state index >= 15 is 0 Å². The van der Waals surface area contributed by atoms with Gasteiger partial charge >= 0.3 is 0 Å². The second-order valence-corrected chi connectivity index (χ2v) is 4.74. The summed E-state index contributed by atoms with van der Waals surface area (Å²) in [7, 11) is 0. The summed E-state index contributed by atoms with van der Waals surface area (Å²) in [5.41, 5.74) is 7.45. The van der Waals surface area contributed by atoms with Gasteiger partial charge in [0.05, 0.1) is 6.04 Å². The second-order valence-electron chi connectivity index (χ2n) is 4.36. The molecular weight excluding hydrogens is 246 g/mol. The maximum Gasteiger partial charge on any atom is 0.129 e. The Morgan fingerprint density at radius 2 is 1.83 bits per heavy atom. The lowest BCUT2D eigenvalue weighted by atomic mass is 9.97. The van der Waals surface area contributed by atoms with E-state index in [9.17, 15) is 0 Å². The van der Waals surface area contributed by atoms with Gasteiger partial charge in [0.2, 0.25) is 0 Å². The highest BCUT2D eigenvalue weighted by Crippen LogP contribution is 2.24. The van der Waals surface area contributed by atoms with Crippen molar-refractivity contribution < 1.29 is 0 Å². The lowest BCUT2D eigenvalue weighted by Crippen LogP contribution is -2.29. The van der Waals surface area contributed by atoms with E-state index in [1.807, 2.05) is 12.1 Å². The predicted octanol–water partition coefficient (Wildman–Crippen LogP) is 2.90. The van der Waals surface area contributed by atoms with Gasteiger partial charge in [0.25, 0.3) is 0 Å². The molecule has 3 nitrogen and oxygen atoms in total. The number of hydrogen-bond acceptors (Lipinski definition) is 3. The van der Waals surface area contributed by atoms with Crippen LogP contribution in [0, 0.1) is 13.8 Å². The zero-order valence-corrected chi connectivity index (χ0v) is 11.2. The van der Waals surface area contributed by atoms with Crippen LogP contribution in [0.2, 0.25) is 5.15 Å². The number of nitrogens with zero attached hydrogens (tertiary/aromatic N) is 1. The molecule has 1 aromatic heterocycles. The monoisotopic (exact) mass is 261 g/mol. The molecule has 0 aliphatic heterocycles. The normalized spacial score (nSPS) is 12.4. The Balaban J connectivity index is 2.42. The highest BCUT2D eigenvalue weighted by Gasteiger charge is 2.13. The Labute approximate surface area is 112 Å². The molecule has 1 heterocycles. The predicted molar refractivity (Wildman–Crippen MR) is 74.3 cm³/mol. The summed E-state index contributed by atoms with van der Waals surface area (Å²) < 4.78 is 0. The third-order valence-corrected chi connectivity index (χ3v) is 3.32. The molecule has 94 valence electrons. The van der Waals surface area contributed by atoms with Crippen LogP contribution in [-0.4, -0.2) is 4.98 Å². The lowest BCUT2D eigenvalue weighted by Gasteiger charge is -2.18. The molecule has 18 heavy (non-hydrogen) atoms. The van der Waals surface area contributed by atoms with Crippen molar-refractivity contribution in [2.45, 2.75) is 19.9 Å². The fourth-order valence-corrected chi connectivity index (χ4v) is 2.11. The van der Waals surface area contributed by atoms with Crippen molar-refractivity contribution in [2.75, 3.05) is 0 Å². The molecule has 0 aliphatic rings. The van der Waals surface area contributed by atoms with Gasteiger partial charge in [0.1, 0.15) is 5.15 Å². The van der Waals surface area contributed by atoms with Crippen molar-refractivity contribution in [1.82, 2.24) is 10.4 Å². The SMILES string of the molecule is Cc1ccc(C(NN)c2ccnc(Cl)c2)cc1C. The third-order valence-electron chi connectivity index (χ3n) is 3.11. The molecule has 0 bridgehead atoms. The summed E-state index contributed by atoms with van der Waals surface area (Å²) in [5.74, 6) is 5.66. The van der Waals surface area contributed by atoms with E-state index in [1.54, 1.807) is 6.20 Å². The average molecular weight is 262 g/mol. The number of aryl methyl sites for hydroxylation is 2. The Morgan fingerprint density at radius 3 is 2.44 bits per heavy atom. The summed E-state index contributed by atoms with van der Waals surface area (Å²) >= 11 is 5.91. The van der Waals surface area contributed by atoms with Gasteiger partial charge in [-0.15, -0.1) is 0 Å². The molecular formula is C14H16ClN3. The first-order chi connectivity index (χ1) is 8.61. The Kier molecular flexibility index (Phi) is 3.97. The number of hydrazine groups is 1. The second kappa shape index (κ2) is 5.48. The molecule has 0 spiro atoms. The average Bonchev–Trinajstić information content (AvgIpc) is 2.35. The van der Waals surface area contributed by atoms with Gasteiger partial charge in [-0.2, -0.15) is 0 Å². The molecule has 0 radical (unpaired) electrons. The van der Waals surface area contributed by atoms with E-state index in [1.165, 1.54) is 11.1 Å². The largest absolute Gasteiger partial charge is 0.271 e. The molecule has 0 saturated heterocycles. The highest BCUT2D eigenvalue weighted by atomic mass is 35.5. The van der Waals surface area contributed by atoms with Gasteiger partial charge in [-0.05, 0) is 48.2 Å². The van der Waals surface area contributed by atoms with Crippen molar-refractivity contribution in [2.24, 2.45) is 5.84 Å². The number of nitrogens with two attached hydrogens (primary N) is 1. The van der Waals surface area contributed by atoms with Crippen LogP contribution < -0.4 is 11.3 Å². The van der Waals surface area contributed by atoms with Crippen LogP contribution in [0.1, 0.15) is 28.3 Å². The molecule has 4 heteroatoms. The van der Waals surface area contributed by atoms with Crippen LogP contribution in [0.25, 0.3) is 0 Å². The van der Waals surface area contributed by atoms with Gasteiger partial charge in [-0.1, -0.05) is 29.8 Å².